The maximum Gasteiger partial charge on any atom is 0.487 e. The van der Waals surface area contributed by atoms with Crippen molar-refractivity contribution in [2.75, 3.05) is 6.61 Å². The molecule has 0 aromatic carbocycles. The van der Waals surface area contributed by atoms with Gasteiger partial charge in [0.25, 0.3) is 0 Å². The molecule has 114 valence electrons. The summed E-state index contributed by atoms with van der Waals surface area (Å²) in [5.74, 6) is 2.55. The molecule has 1 fully saturated rings. The Bertz CT molecular complexity index is 524. The standard InChI is InChI=1S/C16H24BNO3/c1-7-19-14-13(10-12(2)11-18-14)8-9-17-20-15(3,4)16(5,6)21-17/h8-11H,7H2,1-6H3/b9-8+. The molecule has 1 aliphatic rings. The molecule has 0 aliphatic carbocycles. The second kappa shape index (κ2) is 5.81. The topological polar surface area (TPSA) is 40.6 Å². The quantitative estimate of drug-likeness (QED) is 0.796. The maximum absolute atomic E-state index is 5.95. The molecule has 2 rings (SSSR count). The largest absolute Gasteiger partial charge is 0.487 e. The van der Waals surface area contributed by atoms with E-state index in [2.05, 4.69) is 4.98 Å². The summed E-state index contributed by atoms with van der Waals surface area (Å²) >= 11 is 0. The molecule has 0 atom stereocenters. The highest BCUT2D eigenvalue weighted by Gasteiger charge is 2.50. The van der Waals surface area contributed by atoms with E-state index in [4.69, 9.17) is 14.0 Å². The van der Waals surface area contributed by atoms with Crippen LogP contribution in [-0.4, -0.2) is 29.9 Å². The Balaban J connectivity index is 2.17. The minimum absolute atomic E-state index is 0.324. The van der Waals surface area contributed by atoms with Gasteiger partial charge >= 0.3 is 7.12 Å². The van der Waals surface area contributed by atoms with Crippen LogP contribution in [0.1, 0.15) is 45.7 Å². The van der Waals surface area contributed by atoms with E-state index < -0.39 is 0 Å². The molecule has 0 unspecified atom stereocenters. The molecular formula is C16H24BNO3. The average Bonchev–Trinajstić information content (AvgIpc) is 2.58. The predicted octanol–water partition coefficient (Wildman–Crippen LogP) is 3.43. The molecule has 1 aliphatic heterocycles. The first-order chi connectivity index (χ1) is 9.75. The fourth-order valence-electron chi connectivity index (χ4n) is 2.11. The minimum atomic E-state index is -0.356. The number of aryl methyl sites for hydroxylation is 1. The van der Waals surface area contributed by atoms with E-state index in [9.17, 15) is 0 Å². The van der Waals surface area contributed by atoms with Crippen LogP contribution in [0, 0.1) is 6.92 Å². The molecule has 0 radical (unpaired) electrons. The highest BCUT2D eigenvalue weighted by molar-refractivity contribution is 6.52. The number of aromatic nitrogens is 1. The van der Waals surface area contributed by atoms with Crippen LogP contribution in [0.15, 0.2) is 18.2 Å². The van der Waals surface area contributed by atoms with Crippen LogP contribution in [0.5, 0.6) is 5.88 Å². The first-order valence-electron chi connectivity index (χ1n) is 7.38. The lowest BCUT2D eigenvalue weighted by Crippen LogP contribution is -2.41. The van der Waals surface area contributed by atoms with E-state index in [-0.39, 0.29) is 18.3 Å². The lowest BCUT2D eigenvalue weighted by atomic mass is 9.89. The van der Waals surface area contributed by atoms with Crippen molar-refractivity contribution in [3.8, 4) is 5.88 Å². The van der Waals surface area contributed by atoms with Gasteiger partial charge in [0.15, 0.2) is 0 Å². The van der Waals surface area contributed by atoms with Crippen molar-refractivity contribution in [1.82, 2.24) is 4.98 Å². The zero-order valence-electron chi connectivity index (χ0n) is 13.8. The Labute approximate surface area is 127 Å². The van der Waals surface area contributed by atoms with Gasteiger partial charge in [-0.15, -0.1) is 0 Å². The number of pyridine rings is 1. The lowest BCUT2D eigenvalue weighted by molar-refractivity contribution is 0.00578. The molecule has 1 aromatic rings. The summed E-state index contributed by atoms with van der Waals surface area (Å²) in [7, 11) is -0.356. The Morgan fingerprint density at radius 3 is 2.43 bits per heavy atom. The summed E-state index contributed by atoms with van der Waals surface area (Å²) in [4.78, 5) is 4.32. The molecule has 0 N–H and O–H groups in total. The van der Waals surface area contributed by atoms with E-state index in [1.165, 1.54) is 0 Å². The molecule has 0 spiro atoms. The molecular weight excluding hydrogens is 265 g/mol. The van der Waals surface area contributed by atoms with Gasteiger partial charge in [-0.05, 0) is 53.2 Å². The molecule has 1 aromatic heterocycles. The Hall–Kier alpha value is -1.33. The molecule has 2 heterocycles. The van der Waals surface area contributed by atoms with Crippen molar-refractivity contribution in [3.63, 3.8) is 0 Å². The second-order valence-electron chi connectivity index (χ2n) is 6.32. The normalized spacial score (nSPS) is 20.2. The van der Waals surface area contributed by atoms with Crippen LogP contribution in [-0.2, 0) is 9.31 Å². The third-order valence-electron chi connectivity index (χ3n) is 4.00. The summed E-state index contributed by atoms with van der Waals surface area (Å²) < 4.78 is 17.4. The molecule has 0 amide bonds. The fraction of sp³-hybridized carbons (Fsp3) is 0.562. The predicted molar refractivity (Wildman–Crippen MR) is 85.3 cm³/mol. The minimum Gasteiger partial charge on any atom is -0.478 e. The molecule has 1 saturated heterocycles. The molecule has 4 nitrogen and oxygen atoms in total. The van der Waals surface area contributed by atoms with Crippen LogP contribution in [0.4, 0.5) is 0 Å². The van der Waals surface area contributed by atoms with Gasteiger partial charge in [0.1, 0.15) is 0 Å². The van der Waals surface area contributed by atoms with Crippen molar-refractivity contribution >= 4 is 13.2 Å². The van der Waals surface area contributed by atoms with E-state index in [0.29, 0.717) is 12.5 Å². The Morgan fingerprint density at radius 1 is 1.24 bits per heavy atom. The highest BCUT2D eigenvalue weighted by Crippen LogP contribution is 2.37. The van der Waals surface area contributed by atoms with Gasteiger partial charge in [0, 0.05) is 11.8 Å². The van der Waals surface area contributed by atoms with Gasteiger partial charge in [0.2, 0.25) is 5.88 Å². The molecule has 0 saturated carbocycles. The van der Waals surface area contributed by atoms with Crippen molar-refractivity contribution in [3.05, 3.63) is 29.4 Å². The summed E-state index contributed by atoms with van der Waals surface area (Å²) in [5, 5.41) is 0. The summed E-state index contributed by atoms with van der Waals surface area (Å²) in [5.41, 5.74) is 1.38. The zero-order valence-corrected chi connectivity index (χ0v) is 13.8. The fourth-order valence-corrected chi connectivity index (χ4v) is 2.11. The number of rotatable bonds is 4. The van der Waals surface area contributed by atoms with E-state index in [1.54, 1.807) is 6.20 Å². The average molecular weight is 289 g/mol. The first-order valence-corrected chi connectivity index (χ1v) is 7.38. The van der Waals surface area contributed by atoms with E-state index >= 15 is 0 Å². The smallest absolute Gasteiger partial charge is 0.478 e. The first kappa shape index (κ1) is 16.1. The monoisotopic (exact) mass is 289 g/mol. The zero-order chi connectivity index (χ0) is 15.7. The van der Waals surface area contributed by atoms with Gasteiger partial charge in [-0.3, -0.25) is 0 Å². The van der Waals surface area contributed by atoms with Crippen molar-refractivity contribution in [1.29, 1.82) is 0 Å². The van der Waals surface area contributed by atoms with Gasteiger partial charge in [-0.1, -0.05) is 12.1 Å². The van der Waals surface area contributed by atoms with Crippen molar-refractivity contribution in [2.24, 2.45) is 0 Å². The van der Waals surface area contributed by atoms with Crippen LogP contribution >= 0.6 is 0 Å². The van der Waals surface area contributed by atoms with Crippen LogP contribution in [0.3, 0.4) is 0 Å². The number of ether oxygens (including phenoxy) is 1. The second-order valence-corrected chi connectivity index (χ2v) is 6.32. The third kappa shape index (κ3) is 3.47. The summed E-state index contributed by atoms with van der Waals surface area (Å²) in [6.45, 7) is 12.7. The van der Waals surface area contributed by atoms with Gasteiger partial charge in [-0.2, -0.15) is 0 Å². The number of nitrogens with zero attached hydrogens (tertiary/aromatic N) is 1. The summed E-state index contributed by atoms with van der Waals surface area (Å²) in [6.07, 6.45) is 3.75. The summed E-state index contributed by atoms with van der Waals surface area (Å²) in [6, 6.07) is 2.04. The van der Waals surface area contributed by atoms with E-state index in [1.807, 2.05) is 59.7 Å². The highest BCUT2D eigenvalue weighted by atomic mass is 16.7. The Kier molecular flexibility index (Phi) is 4.44. The lowest BCUT2D eigenvalue weighted by Gasteiger charge is -2.32. The van der Waals surface area contributed by atoms with Crippen molar-refractivity contribution in [2.45, 2.75) is 52.7 Å². The van der Waals surface area contributed by atoms with Crippen LogP contribution in [0.2, 0.25) is 0 Å². The van der Waals surface area contributed by atoms with Gasteiger partial charge in [0.05, 0.1) is 17.8 Å². The van der Waals surface area contributed by atoms with Crippen molar-refractivity contribution < 1.29 is 14.0 Å². The molecule has 21 heavy (non-hydrogen) atoms. The maximum atomic E-state index is 5.95. The number of hydrogen-bond acceptors (Lipinski definition) is 4. The molecule has 0 bridgehead atoms. The SMILES string of the molecule is CCOc1ncc(C)cc1/C=C/B1OC(C)(C)C(C)(C)O1. The van der Waals surface area contributed by atoms with Crippen LogP contribution in [0.25, 0.3) is 6.08 Å². The molecule has 5 heteroatoms. The Morgan fingerprint density at radius 2 is 1.86 bits per heavy atom. The number of hydrogen-bond donors (Lipinski definition) is 0. The van der Waals surface area contributed by atoms with Gasteiger partial charge in [-0.25, -0.2) is 4.98 Å². The third-order valence-corrected chi connectivity index (χ3v) is 4.00. The van der Waals surface area contributed by atoms with E-state index in [0.717, 1.165) is 11.1 Å². The van der Waals surface area contributed by atoms with Gasteiger partial charge < -0.3 is 14.0 Å². The van der Waals surface area contributed by atoms with Crippen LogP contribution < -0.4 is 4.74 Å².